The second-order valence-corrected chi connectivity index (χ2v) is 23.1. The van der Waals surface area contributed by atoms with Gasteiger partial charge < -0.3 is 0 Å². The van der Waals surface area contributed by atoms with Crippen LogP contribution in [-0.2, 0) is 6.42 Å². The van der Waals surface area contributed by atoms with Crippen LogP contribution in [-0.4, -0.2) is 16.1 Å². The molecule has 290 valence electrons. The van der Waals surface area contributed by atoms with Crippen LogP contribution in [0.5, 0.6) is 0 Å². The first-order valence-electron chi connectivity index (χ1n) is 20.2. The van der Waals surface area contributed by atoms with Crippen molar-refractivity contribution in [2.45, 2.75) is 6.42 Å². The van der Waals surface area contributed by atoms with Gasteiger partial charge in [0.2, 0.25) is 0 Å². The van der Waals surface area contributed by atoms with Gasteiger partial charge in [-0.05, 0) is 119 Å². The molecule has 0 radical (unpaired) electrons. The van der Waals surface area contributed by atoms with E-state index in [1.807, 2.05) is 72.8 Å². The summed E-state index contributed by atoms with van der Waals surface area (Å²) in [5.41, 5.74) is 8.01. The molecule has 6 nitrogen and oxygen atoms in total. The van der Waals surface area contributed by atoms with Crippen LogP contribution in [0.25, 0.3) is 20.8 Å². The summed E-state index contributed by atoms with van der Waals surface area (Å²) in [7, 11) is -6.26. The number of nitrogens with zero attached hydrogens (tertiary/aromatic N) is 6. The van der Waals surface area contributed by atoms with Crippen molar-refractivity contribution >= 4 is 69.0 Å². The Morgan fingerprint density at radius 1 is 0.333 bits per heavy atom. The first-order valence-corrected chi connectivity index (χ1v) is 24.2. The van der Waals surface area contributed by atoms with E-state index in [0.717, 1.165) is 52.6 Å². The molecule has 0 aliphatic heterocycles. The zero-order valence-electron chi connectivity index (χ0n) is 33.7. The SMILES string of the molecule is [C-]#[N+]c1ccc([Si](c2ccc(C#N)cc2)(c2ccc([N+]#[C-])cc2)c2ccc3c(c2)Cc2cc([Si](c4ccc(C#N)cc4)(c4ccc(C#N)cc4)c4ccc(C#N)cc4)ccc2-3)cc1. The molecule has 0 saturated carbocycles. The summed E-state index contributed by atoms with van der Waals surface area (Å²) >= 11 is 0. The van der Waals surface area contributed by atoms with Gasteiger partial charge in [0.25, 0.3) is 0 Å². The topological polar surface area (TPSA) is 104 Å². The minimum absolute atomic E-state index is 0.549. The molecule has 1 aliphatic rings. The van der Waals surface area contributed by atoms with Gasteiger partial charge in [0.1, 0.15) is 0 Å². The summed E-state index contributed by atoms with van der Waals surface area (Å²) in [5, 5.41) is 47.9. The van der Waals surface area contributed by atoms with Gasteiger partial charge in [-0.2, -0.15) is 21.0 Å². The lowest BCUT2D eigenvalue weighted by molar-refractivity contribution is 1.27. The van der Waals surface area contributed by atoms with Gasteiger partial charge in [-0.3, -0.25) is 0 Å². The summed E-state index contributed by atoms with van der Waals surface area (Å²) in [4.78, 5) is 7.39. The molecule has 0 atom stereocenters. The summed E-state index contributed by atoms with van der Waals surface area (Å²) in [6, 6.07) is 69.8. The first kappa shape index (κ1) is 39.6. The molecule has 63 heavy (non-hydrogen) atoms. The molecule has 9 rings (SSSR count). The van der Waals surface area contributed by atoms with Crippen molar-refractivity contribution in [2.24, 2.45) is 0 Å². The molecule has 0 bridgehead atoms. The quantitative estimate of drug-likeness (QED) is 0.0979. The Labute approximate surface area is 368 Å². The Morgan fingerprint density at radius 2 is 0.571 bits per heavy atom. The molecule has 8 aromatic carbocycles. The Hall–Kier alpha value is -8.87. The minimum Gasteiger partial charge on any atom is -0.238 e. The molecule has 0 fully saturated rings. The molecular formula is C55H32N6Si2. The maximum Gasteiger partial charge on any atom is 0.187 e. The van der Waals surface area contributed by atoms with Crippen molar-refractivity contribution in [1.82, 2.24) is 0 Å². The molecule has 0 unspecified atom stereocenters. The number of hydrogen-bond acceptors (Lipinski definition) is 4. The average Bonchev–Trinajstić information content (AvgIpc) is 3.73. The third-order valence-electron chi connectivity index (χ3n) is 12.4. The minimum atomic E-state index is -3.14. The molecule has 0 heterocycles. The molecule has 1 aliphatic carbocycles. The van der Waals surface area contributed by atoms with Crippen molar-refractivity contribution in [3.05, 3.63) is 238 Å². The summed E-state index contributed by atoms with van der Waals surface area (Å²) in [6.07, 6.45) is 0.677. The van der Waals surface area contributed by atoms with E-state index in [9.17, 15) is 21.0 Å². The molecule has 0 amide bonds. The Kier molecular flexibility index (Phi) is 10.2. The van der Waals surface area contributed by atoms with Crippen LogP contribution < -0.4 is 41.5 Å². The molecule has 0 aromatic heterocycles. The highest BCUT2D eigenvalue weighted by Crippen LogP contribution is 2.36. The molecule has 8 aromatic rings. The fourth-order valence-electron chi connectivity index (χ4n) is 9.43. The van der Waals surface area contributed by atoms with Crippen molar-refractivity contribution in [1.29, 1.82) is 21.0 Å². The Morgan fingerprint density at radius 3 is 0.810 bits per heavy atom. The van der Waals surface area contributed by atoms with Crippen LogP contribution in [0.15, 0.2) is 182 Å². The predicted molar refractivity (Wildman–Crippen MR) is 253 cm³/mol. The highest BCUT2D eigenvalue weighted by Gasteiger charge is 2.44. The lowest BCUT2D eigenvalue weighted by Crippen LogP contribution is -2.74. The van der Waals surface area contributed by atoms with Crippen LogP contribution in [0, 0.1) is 58.5 Å². The second-order valence-electron chi connectivity index (χ2n) is 15.5. The van der Waals surface area contributed by atoms with E-state index in [2.05, 4.69) is 143 Å². The van der Waals surface area contributed by atoms with E-state index in [0.29, 0.717) is 40.0 Å². The molecule has 0 saturated heterocycles. The van der Waals surface area contributed by atoms with E-state index in [1.54, 1.807) is 0 Å². The second kappa shape index (κ2) is 16.3. The van der Waals surface area contributed by atoms with Gasteiger partial charge in [0.15, 0.2) is 27.5 Å². The Bertz CT molecular complexity index is 2830. The van der Waals surface area contributed by atoms with E-state index in [1.165, 1.54) is 11.1 Å². The van der Waals surface area contributed by atoms with Crippen LogP contribution in [0.3, 0.4) is 0 Å². The van der Waals surface area contributed by atoms with E-state index in [-0.39, 0.29) is 0 Å². The van der Waals surface area contributed by atoms with Crippen molar-refractivity contribution in [2.75, 3.05) is 0 Å². The molecule has 8 heteroatoms. The smallest absolute Gasteiger partial charge is 0.187 e. The molecular weight excluding hydrogens is 801 g/mol. The third kappa shape index (κ3) is 6.60. The van der Waals surface area contributed by atoms with Gasteiger partial charge in [0.05, 0.1) is 59.7 Å². The fourth-order valence-corrected chi connectivity index (χ4v) is 18.9. The van der Waals surface area contributed by atoms with E-state index < -0.39 is 16.1 Å². The van der Waals surface area contributed by atoms with Crippen molar-refractivity contribution in [3.8, 4) is 35.4 Å². The average molecular weight is 833 g/mol. The van der Waals surface area contributed by atoms with Gasteiger partial charge in [-0.1, -0.05) is 133 Å². The van der Waals surface area contributed by atoms with Crippen LogP contribution in [0.2, 0.25) is 0 Å². The lowest BCUT2D eigenvalue weighted by Gasteiger charge is -2.35. The van der Waals surface area contributed by atoms with Crippen LogP contribution >= 0.6 is 0 Å². The van der Waals surface area contributed by atoms with Crippen molar-refractivity contribution < 1.29 is 0 Å². The number of hydrogen-bond donors (Lipinski definition) is 0. The standard InChI is InChI=1S/C55H32N6Si2/c1-60-44-11-23-50(24-12-44)63(49-21-9-41(37-59)10-22-49,51-25-13-45(61-2)14-26-51)53-28-30-55-43(33-53)31-42-32-52(27-29-54(42)55)62(46-15-3-38(34-56)4-16-46,47-17-5-39(35-57)6-18-47)48-19-7-40(36-58)8-20-48/h3-30,32-33H,31H2. The highest BCUT2D eigenvalue weighted by atomic mass is 28.3. The summed E-state index contributed by atoms with van der Waals surface area (Å²) < 4.78 is 0. The van der Waals surface area contributed by atoms with E-state index >= 15 is 0 Å². The number of nitriles is 4. The third-order valence-corrected chi connectivity index (χ3v) is 21.9. The zero-order valence-corrected chi connectivity index (χ0v) is 35.7. The normalized spacial score (nSPS) is 11.3. The van der Waals surface area contributed by atoms with Crippen LogP contribution in [0.1, 0.15) is 33.4 Å². The maximum absolute atomic E-state index is 9.79. The largest absolute Gasteiger partial charge is 0.238 e. The van der Waals surface area contributed by atoms with Gasteiger partial charge in [0, 0.05) is 0 Å². The van der Waals surface area contributed by atoms with Crippen LogP contribution in [0.4, 0.5) is 11.4 Å². The number of fused-ring (bicyclic) bond motifs is 3. The summed E-state index contributed by atoms with van der Waals surface area (Å²) in [5.74, 6) is 0. The monoisotopic (exact) mass is 832 g/mol. The highest BCUT2D eigenvalue weighted by molar-refractivity contribution is 7.20. The number of benzene rings is 8. The predicted octanol–water partition coefficient (Wildman–Crippen LogP) is 6.60. The Balaban J connectivity index is 1.25. The fraction of sp³-hybridized carbons (Fsp3) is 0.0182. The van der Waals surface area contributed by atoms with Gasteiger partial charge >= 0.3 is 0 Å². The van der Waals surface area contributed by atoms with Gasteiger partial charge in [-0.25, -0.2) is 9.69 Å². The maximum atomic E-state index is 9.79. The number of rotatable bonds is 8. The van der Waals surface area contributed by atoms with Gasteiger partial charge in [-0.15, -0.1) is 0 Å². The molecule has 0 N–H and O–H groups in total. The van der Waals surface area contributed by atoms with Crippen molar-refractivity contribution in [3.63, 3.8) is 0 Å². The molecule has 0 spiro atoms. The first-order chi connectivity index (χ1) is 30.9. The van der Waals surface area contributed by atoms with E-state index in [4.69, 9.17) is 13.1 Å². The zero-order chi connectivity index (χ0) is 43.6. The summed E-state index contributed by atoms with van der Waals surface area (Å²) in [6.45, 7) is 15.4. The lowest BCUT2D eigenvalue weighted by atomic mass is 10.1.